The summed E-state index contributed by atoms with van der Waals surface area (Å²) in [5.41, 5.74) is 0. The van der Waals surface area contributed by atoms with Crippen LogP contribution in [0.1, 0.15) is 6.42 Å². The number of methoxy groups -OCH3 is 1. The van der Waals surface area contributed by atoms with E-state index < -0.39 is 0 Å². The SMILES string of the molecule is [CH]=NOCCC(=O)OC. The van der Waals surface area contributed by atoms with Crippen molar-refractivity contribution in [3.8, 4) is 0 Å². The molecular formula is C5H8NO3. The second-order valence-corrected chi connectivity index (χ2v) is 1.26. The molecular weight excluding hydrogens is 122 g/mol. The van der Waals surface area contributed by atoms with Gasteiger partial charge in [0.15, 0.2) is 0 Å². The van der Waals surface area contributed by atoms with Crippen LogP contribution in [0, 0.1) is 0 Å². The number of carbonyl (C=O) groups excluding carboxylic acids is 1. The van der Waals surface area contributed by atoms with Crippen LogP contribution in [0.3, 0.4) is 0 Å². The Labute approximate surface area is 53.4 Å². The lowest BCUT2D eigenvalue weighted by atomic mass is 10.5. The fourth-order valence-electron chi connectivity index (χ4n) is 0.284. The summed E-state index contributed by atoms with van der Waals surface area (Å²) in [6.07, 6.45) is 0.178. The average Bonchev–Trinajstić information content (AvgIpc) is 1.89. The van der Waals surface area contributed by atoms with Crippen molar-refractivity contribution in [2.75, 3.05) is 13.7 Å². The Morgan fingerprint density at radius 3 is 2.89 bits per heavy atom. The lowest BCUT2D eigenvalue weighted by molar-refractivity contribution is -0.141. The molecule has 0 spiro atoms. The first-order chi connectivity index (χ1) is 4.31. The first-order valence-electron chi connectivity index (χ1n) is 2.40. The molecule has 0 saturated carbocycles. The van der Waals surface area contributed by atoms with Gasteiger partial charge in [0.25, 0.3) is 0 Å². The quantitative estimate of drug-likeness (QED) is 0.234. The van der Waals surface area contributed by atoms with Crippen LogP contribution in [0.15, 0.2) is 5.16 Å². The van der Waals surface area contributed by atoms with E-state index in [1.807, 2.05) is 0 Å². The molecule has 0 aliphatic carbocycles. The number of hydrogen-bond acceptors (Lipinski definition) is 4. The van der Waals surface area contributed by atoms with Crippen LogP contribution in [-0.4, -0.2) is 26.4 Å². The fourth-order valence-corrected chi connectivity index (χ4v) is 0.284. The number of esters is 1. The van der Waals surface area contributed by atoms with Crippen LogP contribution >= 0.6 is 0 Å². The van der Waals surface area contributed by atoms with Gasteiger partial charge in [-0.2, -0.15) is 0 Å². The minimum atomic E-state index is -0.335. The Kier molecular flexibility index (Phi) is 4.49. The van der Waals surface area contributed by atoms with Crippen LogP contribution in [0.5, 0.6) is 0 Å². The van der Waals surface area contributed by atoms with Gasteiger partial charge in [-0.05, 0) is 0 Å². The smallest absolute Gasteiger partial charge is 0.309 e. The maximum Gasteiger partial charge on any atom is 0.309 e. The summed E-state index contributed by atoms with van der Waals surface area (Å²) in [7, 11) is 1.31. The van der Waals surface area contributed by atoms with E-state index in [0.29, 0.717) is 0 Å². The molecule has 0 aliphatic heterocycles. The molecule has 0 rings (SSSR count). The van der Waals surface area contributed by atoms with E-state index in [0.717, 1.165) is 0 Å². The molecule has 0 unspecified atom stereocenters. The monoisotopic (exact) mass is 130 g/mol. The van der Waals surface area contributed by atoms with Crippen molar-refractivity contribution in [1.29, 1.82) is 0 Å². The Bertz CT molecular complexity index is 102. The van der Waals surface area contributed by atoms with Gasteiger partial charge in [-0.25, -0.2) is 0 Å². The van der Waals surface area contributed by atoms with Gasteiger partial charge in [0.1, 0.15) is 6.61 Å². The summed E-state index contributed by atoms with van der Waals surface area (Å²) in [4.78, 5) is 14.6. The molecule has 0 atom stereocenters. The van der Waals surface area contributed by atoms with Gasteiger partial charge in [-0.1, -0.05) is 5.16 Å². The van der Waals surface area contributed by atoms with Gasteiger partial charge in [0.05, 0.1) is 20.2 Å². The molecule has 0 saturated heterocycles. The normalized spacial score (nSPS) is 8.11. The topological polar surface area (TPSA) is 47.9 Å². The highest BCUT2D eigenvalue weighted by Crippen LogP contribution is 1.84. The van der Waals surface area contributed by atoms with Crippen molar-refractivity contribution < 1.29 is 14.4 Å². The van der Waals surface area contributed by atoms with E-state index in [4.69, 9.17) is 0 Å². The Hall–Kier alpha value is -1.06. The summed E-state index contributed by atoms with van der Waals surface area (Å²) >= 11 is 0. The molecule has 4 nitrogen and oxygen atoms in total. The summed E-state index contributed by atoms with van der Waals surface area (Å²) < 4.78 is 4.30. The van der Waals surface area contributed by atoms with Crippen LogP contribution in [-0.2, 0) is 14.4 Å². The number of hydrogen-bond donors (Lipinski definition) is 0. The van der Waals surface area contributed by atoms with Gasteiger partial charge in [0.2, 0.25) is 0 Å². The van der Waals surface area contributed by atoms with Gasteiger partial charge in [-0.15, -0.1) is 0 Å². The maximum absolute atomic E-state index is 10.3. The van der Waals surface area contributed by atoms with Crippen LogP contribution in [0.4, 0.5) is 0 Å². The summed E-state index contributed by atoms with van der Waals surface area (Å²) in [5, 5.41) is 2.83. The zero-order valence-electron chi connectivity index (χ0n) is 5.16. The Morgan fingerprint density at radius 2 is 2.44 bits per heavy atom. The molecule has 0 N–H and O–H groups in total. The predicted octanol–water partition coefficient (Wildman–Crippen LogP) is 0.0587. The molecule has 0 bridgehead atoms. The second-order valence-electron chi connectivity index (χ2n) is 1.26. The van der Waals surface area contributed by atoms with Crippen LogP contribution in [0.25, 0.3) is 0 Å². The van der Waals surface area contributed by atoms with E-state index in [-0.39, 0.29) is 19.0 Å². The maximum atomic E-state index is 10.3. The van der Waals surface area contributed by atoms with Crippen molar-refractivity contribution in [2.24, 2.45) is 5.16 Å². The number of ether oxygens (including phenoxy) is 1. The van der Waals surface area contributed by atoms with Crippen molar-refractivity contribution >= 4 is 12.7 Å². The molecule has 1 radical (unpaired) electrons. The summed E-state index contributed by atoms with van der Waals surface area (Å²) in [5.74, 6) is -0.335. The zero-order chi connectivity index (χ0) is 7.11. The number of rotatable bonds is 4. The molecule has 9 heavy (non-hydrogen) atoms. The molecule has 0 aromatic rings. The highest BCUT2D eigenvalue weighted by Gasteiger charge is 1.97. The number of nitrogens with zero attached hydrogens (tertiary/aromatic N) is 1. The van der Waals surface area contributed by atoms with Gasteiger partial charge in [0, 0.05) is 0 Å². The average molecular weight is 130 g/mol. The van der Waals surface area contributed by atoms with Crippen molar-refractivity contribution in [3.05, 3.63) is 0 Å². The summed E-state index contributed by atoms with van der Waals surface area (Å²) in [6.45, 7) is 4.78. The van der Waals surface area contributed by atoms with E-state index in [2.05, 4.69) is 21.4 Å². The third kappa shape index (κ3) is 4.80. The second kappa shape index (κ2) is 5.08. The molecule has 0 fully saturated rings. The molecule has 0 aromatic carbocycles. The lowest BCUT2D eigenvalue weighted by Crippen LogP contribution is -2.03. The van der Waals surface area contributed by atoms with Gasteiger partial charge >= 0.3 is 5.97 Å². The molecule has 0 aromatic heterocycles. The fraction of sp³-hybridized carbons (Fsp3) is 0.600. The van der Waals surface area contributed by atoms with Crippen LogP contribution in [0.2, 0.25) is 0 Å². The van der Waals surface area contributed by atoms with Gasteiger partial charge in [-0.3, -0.25) is 4.79 Å². The molecule has 0 amide bonds. The standard InChI is InChI=1S/C5H8NO3/c1-6-9-4-3-5(7)8-2/h1H,3-4H2,2H3. The molecule has 0 aliphatic rings. The zero-order valence-corrected chi connectivity index (χ0v) is 5.16. The van der Waals surface area contributed by atoms with Gasteiger partial charge < -0.3 is 9.57 Å². The van der Waals surface area contributed by atoms with E-state index >= 15 is 0 Å². The van der Waals surface area contributed by atoms with Crippen molar-refractivity contribution in [1.82, 2.24) is 0 Å². The largest absolute Gasteiger partial charge is 0.469 e. The minimum Gasteiger partial charge on any atom is -0.469 e. The van der Waals surface area contributed by atoms with Crippen LogP contribution < -0.4 is 0 Å². The predicted molar refractivity (Wildman–Crippen MR) is 31.1 cm³/mol. The Balaban J connectivity index is 3.06. The molecule has 0 heterocycles. The lowest BCUT2D eigenvalue weighted by Gasteiger charge is -1.95. The summed E-state index contributed by atoms with van der Waals surface area (Å²) in [6, 6.07) is 0. The first-order valence-corrected chi connectivity index (χ1v) is 2.40. The minimum absolute atomic E-state index is 0.170. The number of carbonyl (C=O) groups is 1. The van der Waals surface area contributed by atoms with E-state index in [1.54, 1.807) is 0 Å². The third-order valence-corrected chi connectivity index (χ3v) is 0.700. The van der Waals surface area contributed by atoms with Crippen molar-refractivity contribution in [3.63, 3.8) is 0 Å². The van der Waals surface area contributed by atoms with Crippen molar-refractivity contribution in [2.45, 2.75) is 6.42 Å². The highest BCUT2D eigenvalue weighted by atomic mass is 16.6. The van der Waals surface area contributed by atoms with E-state index in [1.165, 1.54) is 7.11 Å². The third-order valence-electron chi connectivity index (χ3n) is 0.700. The molecule has 4 heteroatoms. The Morgan fingerprint density at radius 1 is 1.78 bits per heavy atom. The van der Waals surface area contributed by atoms with E-state index in [9.17, 15) is 4.79 Å². The molecule has 51 valence electrons. The first kappa shape index (κ1) is 7.94. The highest BCUT2D eigenvalue weighted by molar-refractivity contribution is 5.69.